The Morgan fingerprint density at radius 1 is 1.48 bits per heavy atom. The lowest BCUT2D eigenvalue weighted by atomic mass is 9.93. The maximum atomic E-state index is 14.1. The molecule has 1 aromatic carbocycles. The molecule has 23 heavy (non-hydrogen) atoms. The van der Waals surface area contributed by atoms with Crippen molar-refractivity contribution in [1.29, 1.82) is 0 Å². The summed E-state index contributed by atoms with van der Waals surface area (Å²) in [7, 11) is 0. The highest BCUT2D eigenvalue weighted by atomic mass is 32.2. The number of rotatable bonds is 5. The quantitative estimate of drug-likeness (QED) is 0.824. The molecule has 1 aromatic heterocycles. The van der Waals surface area contributed by atoms with E-state index in [4.69, 9.17) is 0 Å². The van der Waals surface area contributed by atoms with Crippen molar-refractivity contribution in [2.45, 2.75) is 44.0 Å². The zero-order valence-corrected chi connectivity index (χ0v) is 14.1. The maximum Gasteiger partial charge on any atom is 0.274 e. The van der Waals surface area contributed by atoms with Gasteiger partial charge in [0.2, 0.25) is 0 Å². The second-order valence-corrected chi connectivity index (χ2v) is 7.01. The van der Waals surface area contributed by atoms with Gasteiger partial charge in [0, 0.05) is 4.90 Å². The van der Waals surface area contributed by atoms with Crippen molar-refractivity contribution < 1.29 is 9.18 Å². The Morgan fingerprint density at radius 2 is 2.26 bits per heavy atom. The summed E-state index contributed by atoms with van der Waals surface area (Å²) in [6.07, 6.45) is 3.24. The van der Waals surface area contributed by atoms with Crippen molar-refractivity contribution in [2.24, 2.45) is 0 Å². The Labute approximate surface area is 139 Å². The molecule has 4 nitrogen and oxygen atoms in total. The molecule has 0 aliphatic heterocycles. The SMILES string of the molecule is CCSc1cccc(F)c1NC(=O)c1cc(C)nn1C1CCC1. The van der Waals surface area contributed by atoms with E-state index < -0.39 is 5.82 Å². The molecule has 1 saturated carbocycles. The highest BCUT2D eigenvalue weighted by molar-refractivity contribution is 7.99. The molecule has 122 valence electrons. The van der Waals surface area contributed by atoms with Gasteiger partial charge in [-0.3, -0.25) is 9.48 Å². The summed E-state index contributed by atoms with van der Waals surface area (Å²) in [5, 5.41) is 7.17. The smallest absolute Gasteiger partial charge is 0.274 e. The van der Waals surface area contributed by atoms with E-state index in [0.717, 1.165) is 35.6 Å². The van der Waals surface area contributed by atoms with Crippen LogP contribution in [0.2, 0.25) is 0 Å². The molecule has 0 radical (unpaired) electrons. The number of nitrogens with zero attached hydrogens (tertiary/aromatic N) is 2. The molecule has 1 aliphatic carbocycles. The number of carbonyl (C=O) groups is 1. The summed E-state index contributed by atoms with van der Waals surface area (Å²) in [5.41, 5.74) is 1.56. The lowest BCUT2D eigenvalue weighted by Crippen LogP contribution is -2.25. The molecule has 1 fully saturated rings. The van der Waals surface area contributed by atoms with Gasteiger partial charge in [-0.15, -0.1) is 11.8 Å². The van der Waals surface area contributed by atoms with E-state index >= 15 is 0 Å². The van der Waals surface area contributed by atoms with E-state index in [1.54, 1.807) is 16.8 Å². The van der Waals surface area contributed by atoms with Crippen molar-refractivity contribution in [3.8, 4) is 0 Å². The lowest BCUT2D eigenvalue weighted by molar-refractivity contribution is 0.100. The van der Waals surface area contributed by atoms with Crippen LogP contribution in [0.4, 0.5) is 10.1 Å². The molecule has 3 rings (SSSR count). The summed E-state index contributed by atoms with van der Waals surface area (Å²) >= 11 is 1.51. The van der Waals surface area contributed by atoms with Gasteiger partial charge in [-0.25, -0.2) is 4.39 Å². The van der Waals surface area contributed by atoms with Crippen molar-refractivity contribution in [3.63, 3.8) is 0 Å². The van der Waals surface area contributed by atoms with Crippen molar-refractivity contribution >= 4 is 23.4 Å². The first-order valence-corrected chi connectivity index (χ1v) is 8.87. The van der Waals surface area contributed by atoms with Crippen LogP contribution in [-0.4, -0.2) is 21.4 Å². The third-order valence-electron chi connectivity index (χ3n) is 4.02. The third-order valence-corrected chi connectivity index (χ3v) is 4.96. The largest absolute Gasteiger partial charge is 0.317 e. The van der Waals surface area contributed by atoms with Gasteiger partial charge >= 0.3 is 0 Å². The Kier molecular flexibility index (Phi) is 4.71. The van der Waals surface area contributed by atoms with E-state index in [0.29, 0.717) is 5.69 Å². The number of aryl methyl sites for hydroxylation is 1. The molecule has 1 aliphatic rings. The molecule has 1 heterocycles. The highest BCUT2D eigenvalue weighted by Crippen LogP contribution is 2.33. The van der Waals surface area contributed by atoms with Crippen LogP contribution in [0.5, 0.6) is 0 Å². The minimum absolute atomic E-state index is 0.253. The van der Waals surface area contributed by atoms with Gasteiger partial charge in [0.25, 0.3) is 5.91 Å². The molecule has 6 heteroatoms. The highest BCUT2D eigenvalue weighted by Gasteiger charge is 2.26. The monoisotopic (exact) mass is 333 g/mol. The van der Waals surface area contributed by atoms with Crippen molar-refractivity contribution in [2.75, 3.05) is 11.1 Å². The van der Waals surface area contributed by atoms with Crippen LogP contribution < -0.4 is 5.32 Å². The molecule has 0 bridgehead atoms. The predicted molar refractivity (Wildman–Crippen MR) is 90.6 cm³/mol. The first-order chi connectivity index (χ1) is 11.1. The number of hydrogen-bond acceptors (Lipinski definition) is 3. The molecule has 1 N–H and O–H groups in total. The van der Waals surface area contributed by atoms with Gasteiger partial charge < -0.3 is 5.32 Å². The molecular weight excluding hydrogens is 313 g/mol. The summed E-state index contributed by atoms with van der Waals surface area (Å²) < 4.78 is 15.9. The number of carbonyl (C=O) groups excluding carboxylic acids is 1. The minimum atomic E-state index is -0.414. The number of nitrogens with one attached hydrogen (secondary N) is 1. The summed E-state index contributed by atoms with van der Waals surface area (Å²) in [4.78, 5) is 13.4. The number of anilines is 1. The molecule has 1 amide bonds. The second kappa shape index (κ2) is 6.74. The maximum absolute atomic E-state index is 14.1. The second-order valence-electron chi connectivity index (χ2n) is 5.70. The van der Waals surface area contributed by atoms with E-state index in [-0.39, 0.29) is 17.6 Å². The van der Waals surface area contributed by atoms with E-state index in [9.17, 15) is 9.18 Å². The fraction of sp³-hybridized carbons (Fsp3) is 0.412. The van der Waals surface area contributed by atoms with Crippen LogP contribution in [0.1, 0.15) is 48.4 Å². The average molecular weight is 333 g/mol. The van der Waals surface area contributed by atoms with Gasteiger partial charge in [0.15, 0.2) is 0 Å². The molecular formula is C17H20FN3OS. The van der Waals surface area contributed by atoms with E-state index in [1.807, 2.05) is 19.9 Å². The standard InChI is InChI=1S/C17H20FN3OS/c1-3-23-15-9-5-8-13(18)16(15)19-17(22)14-10-11(2)20-21(14)12-6-4-7-12/h5,8-10,12H,3-4,6-7H2,1-2H3,(H,19,22). The Morgan fingerprint density at radius 3 is 2.91 bits per heavy atom. The van der Waals surface area contributed by atoms with Gasteiger partial charge in [0.1, 0.15) is 11.5 Å². The Balaban J connectivity index is 1.88. The lowest BCUT2D eigenvalue weighted by Gasteiger charge is -2.27. The van der Waals surface area contributed by atoms with E-state index in [2.05, 4.69) is 10.4 Å². The van der Waals surface area contributed by atoms with Crippen LogP contribution >= 0.6 is 11.8 Å². The molecule has 2 aromatic rings. The van der Waals surface area contributed by atoms with Crippen molar-refractivity contribution in [3.05, 3.63) is 41.5 Å². The number of halogens is 1. The number of aromatic nitrogens is 2. The average Bonchev–Trinajstić information content (AvgIpc) is 2.82. The Bertz CT molecular complexity index is 725. The number of para-hydroxylation sites is 1. The number of hydrogen-bond donors (Lipinski definition) is 1. The topological polar surface area (TPSA) is 46.9 Å². The number of benzene rings is 1. The van der Waals surface area contributed by atoms with Crippen LogP contribution in [0, 0.1) is 12.7 Å². The summed E-state index contributed by atoms with van der Waals surface area (Å²) in [6.45, 7) is 3.86. The molecule has 0 unspecified atom stereocenters. The van der Waals surface area contributed by atoms with Gasteiger partial charge in [-0.1, -0.05) is 13.0 Å². The molecule has 0 spiro atoms. The number of amides is 1. The normalized spacial score (nSPS) is 14.6. The number of thioether (sulfide) groups is 1. The third kappa shape index (κ3) is 3.27. The Hall–Kier alpha value is -1.82. The fourth-order valence-corrected chi connectivity index (χ4v) is 3.45. The molecule has 0 atom stereocenters. The first kappa shape index (κ1) is 16.1. The molecule has 0 saturated heterocycles. The van der Waals surface area contributed by atoms with Gasteiger partial charge in [-0.05, 0) is 50.1 Å². The van der Waals surface area contributed by atoms with Crippen LogP contribution in [0.15, 0.2) is 29.2 Å². The first-order valence-electron chi connectivity index (χ1n) is 7.89. The van der Waals surface area contributed by atoms with Crippen molar-refractivity contribution in [1.82, 2.24) is 9.78 Å². The van der Waals surface area contributed by atoms with Crippen LogP contribution in [0.3, 0.4) is 0 Å². The minimum Gasteiger partial charge on any atom is -0.317 e. The van der Waals surface area contributed by atoms with Crippen LogP contribution in [-0.2, 0) is 0 Å². The van der Waals surface area contributed by atoms with Gasteiger partial charge in [-0.2, -0.15) is 5.10 Å². The summed E-state index contributed by atoms with van der Waals surface area (Å²) in [6, 6.07) is 6.90. The predicted octanol–water partition coefficient (Wildman–Crippen LogP) is 4.42. The zero-order chi connectivity index (χ0) is 16.4. The summed E-state index contributed by atoms with van der Waals surface area (Å²) in [5.74, 6) is 0.0922. The fourth-order valence-electron chi connectivity index (χ4n) is 2.67. The van der Waals surface area contributed by atoms with E-state index in [1.165, 1.54) is 17.8 Å². The zero-order valence-electron chi connectivity index (χ0n) is 13.3. The van der Waals surface area contributed by atoms with Crippen LogP contribution in [0.25, 0.3) is 0 Å². The van der Waals surface area contributed by atoms with Gasteiger partial charge in [0.05, 0.1) is 17.4 Å².